The first-order chi connectivity index (χ1) is 18.1. The Bertz CT molecular complexity index is 1500. The average molecular weight is 535 g/mol. The molecule has 1 aromatic heterocycles. The van der Waals surface area contributed by atoms with E-state index in [1.165, 1.54) is 4.90 Å². The molecule has 1 unspecified atom stereocenters. The molecule has 5 rings (SSSR count). The molecule has 12 heteroatoms. The van der Waals surface area contributed by atoms with E-state index in [4.69, 9.17) is 0 Å². The lowest BCUT2D eigenvalue weighted by atomic mass is 9.97. The van der Waals surface area contributed by atoms with Crippen molar-refractivity contribution in [1.82, 2.24) is 14.8 Å². The van der Waals surface area contributed by atoms with Crippen LogP contribution in [0.1, 0.15) is 57.4 Å². The average Bonchev–Trinajstić information content (AvgIpc) is 3.03. The van der Waals surface area contributed by atoms with E-state index in [2.05, 4.69) is 5.32 Å². The summed E-state index contributed by atoms with van der Waals surface area (Å²) in [4.78, 5) is 39.8. The maximum atomic E-state index is 14.1. The van der Waals surface area contributed by atoms with Crippen molar-refractivity contribution in [2.24, 2.45) is 0 Å². The van der Waals surface area contributed by atoms with E-state index in [9.17, 15) is 41.4 Å². The molecule has 1 atom stereocenters. The van der Waals surface area contributed by atoms with Crippen LogP contribution in [0, 0.1) is 29.1 Å². The Labute approximate surface area is 213 Å². The van der Waals surface area contributed by atoms with Gasteiger partial charge >= 0.3 is 0 Å². The number of nitrogens with zero attached hydrogens (tertiary/aromatic N) is 2. The molecule has 0 aliphatic carbocycles. The zero-order valence-corrected chi connectivity index (χ0v) is 20.2. The second-order valence-electron chi connectivity index (χ2n) is 8.49. The third kappa shape index (κ3) is 4.50. The SMILES string of the molecule is CC.O=C(NCc1c(F)cc(F)cc1F)c1cn2c(c(O)c1=O)C(=O)N1CCc3cc(F)c(F)cc3C2C1. The number of hydrogen-bond donors (Lipinski definition) is 2. The largest absolute Gasteiger partial charge is 0.503 e. The molecule has 0 radical (unpaired) electrons. The molecule has 2 aliphatic heterocycles. The van der Waals surface area contributed by atoms with Gasteiger partial charge in [0, 0.05) is 43.5 Å². The van der Waals surface area contributed by atoms with E-state index in [0.717, 1.165) is 22.9 Å². The molecule has 38 heavy (non-hydrogen) atoms. The van der Waals surface area contributed by atoms with Gasteiger partial charge in [0.2, 0.25) is 5.43 Å². The highest BCUT2D eigenvalue weighted by Crippen LogP contribution is 2.35. The summed E-state index contributed by atoms with van der Waals surface area (Å²) in [5, 5.41) is 12.7. The van der Waals surface area contributed by atoms with Crippen molar-refractivity contribution in [1.29, 1.82) is 0 Å². The van der Waals surface area contributed by atoms with Gasteiger partial charge in [0.1, 0.15) is 23.0 Å². The first-order valence-corrected chi connectivity index (χ1v) is 11.7. The predicted octanol–water partition coefficient (Wildman–Crippen LogP) is 3.81. The molecule has 3 aromatic rings. The van der Waals surface area contributed by atoms with Crippen molar-refractivity contribution in [3.8, 4) is 5.75 Å². The molecule has 7 nitrogen and oxygen atoms in total. The first kappa shape index (κ1) is 26.8. The number of carbonyl (C=O) groups is 2. The van der Waals surface area contributed by atoms with Gasteiger partial charge in [-0.05, 0) is 29.7 Å². The fraction of sp³-hybridized carbons (Fsp3) is 0.269. The van der Waals surface area contributed by atoms with Gasteiger partial charge in [0.25, 0.3) is 11.8 Å². The number of amides is 2. The fourth-order valence-electron chi connectivity index (χ4n) is 4.60. The van der Waals surface area contributed by atoms with Gasteiger partial charge in [-0.25, -0.2) is 22.0 Å². The van der Waals surface area contributed by atoms with Gasteiger partial charge in [0.15, 0.2) is 23.1 Å². The summed E-state index contributed by atoms with van der Waals surface area (Å²) in [6.45, 7) is 3.37. The first-order valence-electron chi connectivity index (χ1n) is 11.7. The topological polar surface area (TPSA) is 91.6 Å². The minimum Gasteiger partial charge on any atom is -0.503 e. The highest BCUT2D eigenvalue weighted by atomic mass is 19.2. The van der Waals surface area contributed by atoms with Gasteiger partial charge < -0.3 is 19.9 Å². The van der Waals surface area contributed by atoms with Crippen molar-refractivity contribution in [2.45, 2.75) is 32.9 Å². The maximum absolute atomic E-state index is 14.1. The molecule has 0 saturated heterocycles. The van der Waals surface area contributed by atoms with E-state index in [1.807, 2.05) is 13.8 Å². The molecule has 0 saturated carbocycles. The van der Waals surface area contributed by atoms with Crippen molar-refractivity contribution < 1.29 is 36.6 Å². The lowest BCUT2D eigenvalue weighted by Crippen LogP contribution is -2.45. The number of carbonyl (C=O) groups excluding carboxylic acids is 2. The summed E-state index contributed by atoms with van der Waals surface area (Å²) in [5.41, 5.74) is -2.25. The Kier molecular flexibility index (Phi) is 7.25. The van der Waals surface area contributed by atoms with E-state index in [1.54, 1.807) is 0 Å². The van der Waals surface area contributed by atoms with E-state index in [-0.39, 0.29) is 19.5 Å². The maximum Gasteiger partial charge on any atom is 0.274 e. The van der Waals surface area contributed by atoms with E-state index >= 15 is 0 Å². The molecule has 0 fully saturated rings. The van der Waals surface area contributed by atoms with Crippen molar-refractivity contribution in [2.75, 3.05) is 13.1 Å². The Morgan fingerprint density at radius 2 is 1.63 bits per heavy atom. The van der Waals surface area contributed by atoms with Gasteiger partial charge in [-0.15, -0.1) is 0 Å². The number of benzene rings is 2. The van der Waals surface area contributed by atoms with Crippen LogP contribution in [0.15, 0.2) is 35.3 Å². The number of aromatic nitrogens is 1. The smallest absolute Gasteiger partial charge is 0.274 e. The molecule has 200 valence electrons. The lowest BCUT2D eigenvalue weighted by Gasteiger charge is -2.35. The minimum absolute atomic E-state index is 0.000717. The van der Waals surface area contributed by atoms with Gasteiger partial charge in [0.05, 0.1) is 6.04 Å². The molecule has 2 aliphatic rings. The van der Waals surface area contributed by atoms with Crippen LogP contribution in [-0.2, 0) is 13.0 Å². The third-order valence-electron chi connectivity index (χ3n) is 6.40. The number of nitrogens with one attached hydrogen (secondary N) is 1. The van der Waals surface area contributed by atoms with Crippen LogP contribution in [0.5, 0.6) is 5.75 Å². The standard InChI is InChI=1S/C24H16F5N3O4.C2H6/c25-11-4-15(26)13(16(27)5-11)7-30-23(35)14-8-32-19-9-31(24(36)20(32)22(34)21(14)33)2-1-10-3-17(28)18(29)6-12(10)19;1-2/h3-6,8,19,34H,1-2,7,9H2,(H,30,35);1-2H3. The zero-order chi connectivity index (χ0) is 27.9. The summed E-state index contributed by atoms with van der Waals surface area (Å²) in [7, 11) is 0. The molecule has 2 N–H and O–H groups in total. The Morgan fingerprint density at radius 1 is 1.00 bits per heavy atom. The van der Waals surface area contributed by atoms with Crippen LogP contribution in [-0.4, -0.2) is 39.5 Å². The lowest BCUT2D eigenvalue weighted by molar-refractivity contribution is 0.0686. The van der Waals surface area contributed by atoms with Crippen LogP contribution >= 0.6 is 0 Å². The third-order valence-corrected chi connectivity index (χ3v) is 6.40. The summed E-state index contributed by atoms with van der Waals surface area (Å²) in [6.07, 6.45) is 1.18. The monoisotopic (exact) mass is 535 g/mol. The Balaban J connectivity index is 0.00000164. The number of hydrogen-bond acceptors (Lipinski definition) is 4. The highest BCUT2D eigenvalue weighted by Gasteiger charge is 2.39. The molecule has 2 aromatic carbocycles. The highest BCUT2D eigenvalue weighted by molar-refractivity contribution is 5.99. The summed E-state index contributed by atoms with van der Waals surface area (Å²) < 4.78 is 70.1. The van der Waals surface area contributed by atoms with Crippen molar-refractivity contribution in [3.63, 3.8) is 0 Å². The summed E-state index contributed by atoms with van der Waals surface area (Å²) in [6, 6.07) is 1.96. The van der Waals surface area contributed by atoms with E-state index < -0.39 is 81.5 Å². The molecule has 2 amide bonds. The van der Waals surface area contributed by atoms with Crippen LogP contribution < -0.4 is 10.7 Å². The van der Waals surface area contributed by atoms with Crippen LogP contribution in [0.25, 0.3) is 0 Å². The number of pyridine rings is 1. The fourth-order valence-corrected chi connectivity index (χ4v) is 4.60. The Hall–Kier alpha value is -4.22. The van der Waals surface area contributed by atoms with Gasteiger partial charge in [-0.3, -0.25) is 14.4 Å². The molecule has 2 bridgehead atoms. The van der Waals surface area contributed by atoms with Gasteiger partial charge in [-0.2, -0.15) is 0 Å². The molecular formula is C26H22F5N3O4. The number of halogens is 5. The van der Waals surface area contributed by atoms with Crippen LogP contribution in [0.2, 0.25) is 0 Å². The molecule has 0 spiro atoms. The predicted molar refractivity (Wildman–Crippen MR) is 125 cm³/mol. The van der Waals surface area contributed by atoms with Crippen LogP contribution in [0.4, 0.5) is 22.0 Å². The minimum atomic E-state index is -1.26. The normalized spacial score (nSPS) is 15.6. The Morgan fingerprint density at radius 3 is 2.29 bits per heavy atom. The quantitative estimate of drug-likeness (QED) is 0.500. The second kappa shape index (κ2) is 10.3. The zero-order valence-electron chi connectivity index (χ0n) is 20.2. The van der Waals surface area contributed by atoms with E-state index in [0.29, 0.717) is 23.3 Å². The van der Waals surface area contributed by atoms with Crippen LogP contribution in [0.3, 0.4) is 0 Å². The number of rotatable bonds is 3. The second-order valence-corrected chi connectivity index (χ2v) is 8.49. The van der Waals surface area contributed by atoms with Gasteiger partial charge in [-0.1, -0.05) is 13.8 Å². The van der Waals surface area contributed by atoms with Crippen molar-refractivity contribution >= 4 is 11.8 Å². The van der Waals surface area contributed by atoms with Crippen molar-refractivity contribution in [3.05, 3.63) is 97.7 Å². The molecular weight excluding hydrogens is 513 g/mol. The number of fused-ring (bicyclic) bond motifs is 6. The summed E-state index contributed by atoms with van der Waals surface area (Å²) in [5.74, 6) is -8.76. The number of aromatic hydroxyl groups is 1. The molecule has 3 heterocycles. The summed E-state index contributed by atoms with van der Waals surface area (Å²) >= 11 is 0.